The Kier molecular flexibility index (Phi) is 5.92. The number of nitrogens with zero attached hydrogens (tertiary/aromatic N) is 1. The minimum absolute atomic E-state index is 0.0394. The van der Waals surface area contributed by atoms with Crippen LogP contribution >= 0.6 is 22.9 Å². The van der Waals surface area contributed by atoms with E-state index in [2.05, 4.69) is 9.71 Å². The Balaban J connectivity index is 2.46. The highest BCUT2D eigenvalue weighted by atomic mass is 35.5. The Hall–Kier alpha value is -1.03. The van der Waals surface area contributed by atoms with Crippen LogP contribution in [0, 0.1) is 5.82 Å². The van der Waals surface area contributed by atoms with Crippen molar-refractivity contribution >= 4 is 33.9 Å². The average molecular weight is 415 g/mol. The maximum Gasteiger partial charge on any atom is 0.443 e. The molecule has 3 nitrogen and oxygen atoms in total. The molecular formula is C15H15ClF4N2OS2. The van der Waals surface area contributed by atoms with E-state index in [9.17, 15) is 21.8 Å². The average Bonchev–Trinajstić information content (AvgIpc) is 2.96. The van der Waals surface area contributed by atoms with Crippen molar-refractivity contribution in [1.29, 1.82) is 0 Å². The molecule has 2 unspecified atom stereocenters. The van der Waals surface area contributed by atoms with Crippen LogP contribution in [0.5, 0.6) is 0 Å². The van der Waals surface area contributed by atoms with Crippen LogP contribution < -0.4 is 4.72 Å². The molecule has 1 N–H and O–H groups in total. The molecule has 0 aliphatic heterocycles. The monoisotopic (exact) mass is 414 g/mol. The molecule has 0 amide bonds. The van der Waals surface area contributed by atoms with Gasteiger partial charge in [0, 0.05) is 5.38 Å². The summed E-state index contributed by atoms with van der Waals surface area (Å²) in [6, 6.07) is 2.82. The summed E-state index contributed by atoms with van der Waals surface area (Å²) in [5.41, 5.74) is 0.403. The van der Waals surface area contributed by atoms with E-state index in [1.165, 1.54) is 17.5 Å². The third kappa shape index (κ3) is 4.99. The van der Waals surface area contributed by atoms with Gasteiger partial charge in [0.15, 0.2) is 5.01 Å². The van der Waals surface area contributed by atoms with Gasteiger partial charge in [0.1, 0.15) is 5.82 Å². The molecule has 138 valence electrons. The van der Waals surface area contributed by atoms with Crippen molar-refractivity contribution in [1.82, 2.24) is 9.71 Å². The van der Waals surface area contributed by atoms with Gasteiger partial charge in [0.25, 0.3) is 0 Å². The SMILES string of the molecule is CC(C)(C)S(=O)NC(c1ccc(F)c(Cl)c1)c1csc(C(F)(F)F)n1. The molecule has 1 aromatic carbocycles. The Morgan fingerprint density at radius 3 is 2.40 bits per heavy atom. The molecule has 2 atom stereocenters. The third-order valence-corrected chi connectivity index (χ3v) is 5.88. The van der Waals surface area contributed by atoms with Crippen LogP contribution in [0.25, 0.3) is 0 Å². The summed E-state index contributed by atoms with van der Waals surface area (Å²) >= 11 is 6.21. The fraction of sp³-hybridized carbons (Fsp3) is 0.400. The van der Waals surface area contributed by atoms with E-state index in [0.717, 1.165) is 6.07 Å². The van der Waals surface area contributed by atoms with Gasteiger partial charge in [0.2, 0.25) is 0 Å². The molecule has 0 fully saturated rings. The number of nitrogens with one attached hydrogen (secondary N) is 1. The lowest BCUT2D eigenvalue weighted by Crippen LogP contribution is -2.36. The van der Waals surface area contributed by atoms with Crippen LogP contribution in [0.15, 0.2) is 23.6 Å². The summed E-state index contributed by atoms with van der Waals surface area (Å²) in [7, 11) is -1.60. The minimum atomic E-state index is -4.57. The van der Waals surface area contributed by atoms with Gasteiger partial charge in [0.05, 0.1) is 32.5 Å². The second kappa shape index (κ2) is 7.30. The standard InChI is InChI=1S/C15H15ClF4N2OS2/c1-14(2,3)25(23)22-12(8-4-5-10(17)9(16)6-8)11-7-24-13(21-11)15(18,19)20/h4-7,12,22H,1-3H3. The van der Waals surface area contributed by atoms with E-state index in [1.54, 1.807) is 20.8 Å². The number of hydrogen-bond donors (Lipinski definition) is 1. The zero-order valence-electron chi connectivity index (χ0n) is 13.4. The zero-order chi connectivity index (χ0) is 19.0. The van der Waals surface area contributed by atoms with Gasteiger partial charge >= 0.3 is 6.18 Å². The van der Waals surface area contributed by atoms with E-state index in [-0.39, 0.29) is 10.7 Å². The Labute approximate surface area is 154 Å². The molecule has 0 radical (unpaired) electrons. The van der Waals surface area contributed by atoms with E-state index in [4.69, 9.17) is 11.6 Å². The lowest BCUT2D eigenvalue weighted by molar-refractivity contribution is -0.137. The highest BCUT2D eigenvalue weighted by Gasteiger charge is 2.36. The first kappa shape index (κ1) is 20.3. The first-order valence-corrected chi connectivity index (χ1v) is 9.46. The second-order valence-corrected chi connectivity index (χ2v) is 9.44. The van der Waals surface area contributed by atoms with Crippen LogP contribution in [0.1, 0.15) is 43.1 Å². The van der Waals surface area contributed by atoms with E-state index in [0.29, 0.717) is 16.9 Å². The highest BCUT2D eigenvalue weighted by Crippen LogP contribution is 2.35. The fourth-order valence-electron chi connectivity index (χ4n) is 1.82. The highest BCUT2D eigenvalue weighted by molar-refractivity contribution is 7.84. The zero-order valence-corrected chi connectivity index (χ0v) is 15.8. The molecule has 1 heterocycles. The predicted molar refractivity (Wildman–Crippen MR) is 91.4 cm³/mol. The number of thiazole rings is 1. The van der Waals surface area contributed by atoms with Gasteiger partial charge < -0.3 is 0 Å². The topological polar surface area (TPSA) is 42.0 Å². The van der Waals surface area contributed by atoms with Crippen molar-refractivity contribution < 1.29 is 21.8 Å². The van der Waals surface area contributed by atoms with E-state index >= 15 is 0 Å². The first-order valence-electron chi connectivity index (χ1n) is 7.05. The van der Waals surface area contributed by atoms with E-state index in [1.807, 2.05) is 0 Å². The van der Waals surface area contributed by atoms with Crippen molar-refractivity contribution in [3.8, 4) is 0 Å². The largest absolute Gasteiger partial charge is 0.443 e. The smallest absolute Gasteiger partial charge is 0.242 e. The molecule has 10 heteroatoms. The Morgan fingerprint density at radius 2 is 1.92 bits per heavy atom. The molecule has 25 heavy (non-hydrogen) atoms. The number of halogens is 5. The fourth-order valence-corrected chi connectivity index (χ4v) is 3.55. The van der Waals surface area contributed by atoms with Crippen LogP contribution in [-0.4, -0.2) is 13.9 Å². The number of rotatable bonds is 4. The van der Waals surface area contributed by atoms with Crippen molar-refractivity contribution in [2.24, 2.45) is 0 Å². The van der Waals surface area contributed by atoms with Gasteiger partial charge in [-0.2, -0.15) is 13.2 Å². The quantitative estimate of drug-likeness (QED) is 0.707. The molecule has 0 saturated carbocycles. The number of aromatic nitrogens is 1. The normalized spacial score (nSPS) is 15.2. The van der Waals surface area contributed by atoms with Gasteiger partial charge in [-0.15, -0.1) is 11.3 Å². The molecule has 0 aliphatic carbocycles. The molecule has 0 aliphatic rings. The van der Waals surface area contributed by atoms with Crippen LogP contribution in [0.2, 0.25) is 5.02 Å². The summed E-state index contributed by atoms with van der Waals surface area (Å²) in [6.07, 6.45) is -4.57. The minimum Gasteiger partial charge on any atom is -0.242 e. The third-order valence-electron chi connectivity index (χ3n) is 3.12. The number of benzene rings is 1. The number of hydrogen-bond acceptors (Lipinski definition) is 3. The molecule has 2 rings (SSSR count). The predicted octanol–water partition coefficient (Wildman–Crippen LogP) is 5.10. The van der Waals surface area contributed by atoms with Gasteiger partial charge in [-0.1, -0.05) is 17.7 Å². The maximum absolute atomic E-state index is 13.4. The summed E-state index contributed by atoms with van der Waals surface area (Å²) in [4.78, 5) is 3.61. The summed E-state index contributed by atoms with van der Waals surface area (Å²) in [5, 5.41) is 0.0404. The maximum atomic E-state index is 13.4. The molecule has 0 saturated heterocycles. The molecule has 1 aromatic heterocycles. The van der Waals surface area contributed by atoms with Gasteiger partial charge in [-0.05, 0) is 38.5 Å². The van der Waals surface area contributed by atoms with Crippen LogP contribution in [0.4, 0.5) is 17.6 Å². The van der Waals surface area contributed by atoms with Crippen LogP contribution in [0.3, 0.4) is 0 Å². The van der Waals surface area contributed by atoms with Crippen molar-refractivity contribution in [2.45, 2.75) is 37.7 Å². The lowest BCUT2D eigenvalue weighted by Gasteiger charge is -2.24. The molecular weight excluding hydrogens is 400 g/mol. The Morgan fingerprint density at radius 1 is 1.28 bits per heavy atom. The Bertz CT molecular complexity index is 787. The van der Waals surface area contributed by atoms with Crippen molar-refractivity contribution in [3.05, 3.63) is 50.7 Å². The van der Waals surface area contributed by atoms with E-state index < -0.39 is 38.8 Å². The van der Waals surface area contributed by atoms with Crippen molar-refractivity contribution in [2.75, 3.05) is 0 Å². The summed E-state index contributed by atoms with van der Waals surface area (Å²) < 4.78 is 66.4. The molecule has 2 aromatic rings. The molecule has 0 spiro atoms. The second-order valence-electron chi connectivity index (χ2n) is 6.18. The summed E-state index contributed by atoms with van der Waals surface area (Å²) in [6.45, 7) is 5.15. The summed E-state index contributed by atoms with van der Waals surface area (Å²) in [5.74, 6) is -0.657. The van der Waals surface area contributed by atoms with Crippen LogP contribution in [-0.2, 0) is 17.2 Å². The number of alkyl halides is 3. The first-order chi connectivity index (χ1) is 11.4. The lowest BCUT2D eigenvalue weighted by atomic mass is 10.1. The molecule has 0 bridgehead atoms. The van der Waals surface area contributed by atoms with Gasteiger partial charge in [-0.25, -0.2) is 18.3 Å². The van der Waals surface area contributed by atoms with Crippen molar-refractivity contribution in [3.63, 3.8) is 0 Å². The van der Waals surface area contributed by atoms with Gasteiger partial charge in [-0.3, -0.25) is 0 Å².